The maximum Gasteiger partial charge on any atom is 0.270 e. The van der Waals surface area contributed by atoms with Gasteiger partial charge in [0.15, 0.2) is 0 Å². The van der Waals surface area contributed by atoms with Crippen LogP contribution in [0.1, 0.15) is 6.42 Å². The zero-order chi connectivity index (χ0) is 20.3. The first-order valence-electron chi connectivity index (χ1n) is 8.41. The van der Waals surface area contributed by atoms with Crippen LogP contribution in [0.25, 0.3) is 0 Å². The van der Waals surface area contributed by atoms with Crippen LogP contribution in [-0.2, 0) is 10.0 Å². The summed E-state index contributed by atoms with van der Waals surface area (Å²) in [5.74, 6) is 0. The van der Waals surface area contributed by atoms with Crippen molar-refractivity contribution in [3.8, 4) is 0 Å². The van der Waals surface area contributed by atoms with E-state index in [1.54, 1.807) is 18.2 Å². The predicted octanol–water partition coefficient (Wildman–Crippen LogP) is 4.04. The highest BCUT2D eigenvalue weighted by atomic mass is 35.5. The molecule has 0 saturated carbocycles. The Hall–Kier alpha value is -1.36. The molecule has 1 aliphatic heterocycles. The normalized spacial score (nSPS) is 15.9. The highest BCUT2D eigenvalue weighted by Crippen LogP contribution is 2.40. The molecule has 28 heavy (non-hydrogen) atoms. The van der Waals surface area contributed by atoms with Crippen LogP contribution in [0.2, 0.25) is 10.0 Å². The molecule has 1 N–H and O–H groups in total. The van der Waals surface area contributed by atoms with Crippen LogP contribution in [-0.4, -0.2) is 43.8 Å². The molecular weight excluding hydrogens is 445 g/mol. The van der Waals surface area contributed by atoms with Crippen molar-refractivity contribution >= 4 is 50.7 Å². The summed E-state index contributed by atoms with van der Waals surface area (Å²) in [6, 6.07) is 8.70. The standard InChI is InChI=1S/C17H17Cl2N3O4S2/c18-12-2-4-14(19)16(10-12)27-15-5-3-13(22(23)24)11-17(15)28(25,26)21-8-1-6-20-7-9-21/h2-5,10-11,20H,1,6-9H2. The molecule has 1 heterocycles. The number of hydrogen-bond donors (Lipinski definition) is 1. The van der Waals surface area contributed by atoms with Crippen LogP contribution in [0.4, 0.5) is 5.69 Å². The Balaban J connectivity index is 2.07. The predicted molar refractivity (Wildman–Crippen MR) is 110 cm³/mol. The highest BCUT2D eigenvalue weighted by Gasteiger charge is 2.30. The molecule has 3 rings (SSSR count). The molecule has 0 atom stereocenters. The molecule has 0 aliphatic carbocycles. The number of nitro benzene ring substituents is 1. The molecule has 0 spiro atoms. The lowest BCUT2D eigenvalue weighted by atomic mass is 10.3. The molecular formula is C17H17Cl2N3O4S2. The van der Waals surface area contributed by atoms with E-state index in [1.165, 1.54) is 16.4 Å². The van der Waals surface area contributed by atoms with Crippen molar-refractivity contribution in [2.24, 2.45) is 0 Å². The Bertz CT molecular complexity index is 994. The first-order chi connectivity index (χ1) is 13.3. The lowest BCUT2D eigenvalue weighted by Crippen LogP contribution is -2.34. The van der Waals surface area contributed by atoms with Gasteiger partial charge in [0.05, 0.1) is 9.95 Å². The van der Waals surface area contributed by atoms with Crippen molar-refractivity contribution in [2.75, 3.05) is 26.2 Å². The summed E-state index contributed by atoms with van der Waals surface area (Å²) in [6.45, 7) is 1.89. The number of nitrogens with zero attached hydrogens (tertiary/aromatic N) is 2. The third kappa shape index (κ3) is 4.79. The number of non-ortho nitro benzene ring substituents is 1. The van der Waals surface area contributed by atoms with Gasteiger partial charge in [0.25, 0.3) is 5.69 Å². The fourth-order valence-electron chi connectivity index (χ4n) is 2.77. The average Bonchev–Trinajstić information content (AvgIpc) is 2.95. The first kappa shape index (κ1) is 21.4. The van der Waals surface area contributed by atoms with E-state index in [4.69, 9.17) is 23.2 Å². The molecule has 1 aliphatic rings. The molecule has 0 amide bonds. The lowest BCUT2D eigenvalue weighted by molar-refractivity contribution is -0.385. The van der Waals surface area contributed by atoms with Gasteiger partial charge < -0.3 is 5.32 Å². The van der Waals surface area contributed by atoms with Crippen molar-refractivity contribution in [3.05, 3.63) is 56.6 Å². The summed E-state index contributed by atoms with van der Waals surface area (Å²) >= 11 is 13.3. The SMILES string of the molecule is O=[N+]([O-])c1ccc(Sc2cc(Cl)ccc2Cl)c(S(=O)(=O)N2CCCNCC2)c1. The molecule has 11 heteroatoms. The van der Waals surface area contributed by atoms with Crippen molar-refractivity contribution < 1.29 is 13.3 Å². The minimum atomic E-state index is -3.92. The van der Waals surface area contributed by atoms with E-state index in [2.05, 4.69) is 5.32 Å². The molecule has 0 bridgehead atoms. The maximum absolute atomic E-state index is 13.3. The van der Waals surface area contributed by atoms with Gasteiger partial charge in [-0.25, -0.2) is 8.42 Å². The van der Waals surface area contributed by atoms with Crippen molar-refractivity contribution in [1.82, 2.24) is 9.62 Å². The van der Waals surface area contributed by atoms with Crippen LogP contribution in [0.5, 0.6) is 0 Å². The summed E-state index contributed by atoms with van der Waals surface area (Å²) in [4.78, 5) is 11.4. The minimum absolute atomic E-state index is 0.107. The number of halogens is 2. The summed E-state index contributed by atoms with van der Waals surface area (Å²) in [7, 11) is -3.92. The molecule has 2 aromatic rings. The first-order valence-corrected chi connectivity index (χ1v) is 11.4. The Morgan fingerprint density at radius 2 is 1.86 bits per heavy atom. The molecule has 7 nitrogen and oxygen atoms in total. The van der Waals surface area contributed by atoms with Crippen molar-refractivity contribution in [1.29, 1.82) is 0 Å². The van der Waals surface area contributed by atoms with E-state index in [0.717, 1.165) is 24.4 Å². The number of benzene rings is 2. The van der Waals surface area contributed by atoms with Gasteiger partial charge in [0.1, 0.15) is 4.90 Å². The van der Waals surface area contributed by atoms with Gasteiger partial charge >= 0.3 is 0 Å². The highest BCUT2D eigenvalue weighted by molar-refractivity contribution is 8.00. The van der Waals surface area contributed by atoms with Crippen molar-refractivity contribution in [2.45, 2.75) is 21.1 Å². The maximum atomic E-state index is 13.3. The third-order valence-electron chi connectivity index (χ3n) is 4.17. The van der Waals surface area contributed by atoms with E-state index in [-0.39, 0.29) is 10.6 Å². The van der Waals surface area contributed by atoms with Gasteiger partial charge in [0.2, 0.25) is 10.0 Å². The van der Waals surface area contributed by atoms with Gasteiger partial charge in [0, 0.05) is 46.6 Å². The molecule has 1 fully saturated rings. The fraction of sp³-hybridized carbons (Fsp3) is 0.294. The molecule has 0 radical (unpaired) electrons. The lowest BCUT2D eigenvalue weighted by Gasteiger charge is -2.21. The summed E-state index contributed by atoms with van der Waals surface area (Å²) < 4.78 is 27.9. The van der Waals surface area contributed by atoms with E-state index in [1.807, 2.05) is 0 Å². The van der Waals surface area contributed by atoms with Gasteiger partial charge in [-0.1, -0.05) is 35.0 Å². The van der Waals surface area contributed by atoms with Gasteiger partial charge in [-0.2, -0.15) is 4.31 Å². The van der Waals surface area contributed by atoms with Gasteiger partial charge in [-0.3, -0.25) is 10.1 Å². The average molecular weight is 462 g/mol. The molecule has 150 valence electrons. The van der Waals surface area contributed by atoms with Crippen LogP contribution in [0.3, 0.4) is 0 Å². The molecule has 0 unspecified atom stereocenters. The molecule has 0 aromatic heterocycles. The van der Waals surface area contributed by atoms with Crippen LogP contribution < -0.4 is 5.32 Å². The zero-order valence-corrected chi connectivity index (χ0v) is 17.7. The van der Waals surface area contributed by atoms with Crippen LogP contribution >= 0.6 is 35.0 Å². The molecule has 2 aromatic carbocycles. The Labute approximate surface area is 177 Å². The summed E-state index contributed by atoms with van der Waals surface area (Å²) in [5, 5.41) is 15.2. The topological polar surface area (TPSA) is 92.5 Å². The van der Waals surface area contributed by atoms with Gasteiger partial charge in [-0.15, -0.1) is 0 Å². The van der Waals surface area contributed by atoms with E-state index >= 15 is 0 Å². The number of nitrogens with one attached hydrogen (secondary N) is 1. The number of sulfonamides is 1. The van der Waals surface area contributed by atoms with E-state index in [9.17, 15) is 18.5 Å². The Morgan fingerprint density at radius 3 is 2.61 bits per heavy atom. The summed E-state index contributed by atoms with van der Waals surface area (Å²) in [5.41, 5.74) is -0.284. The van der Waals surface area contributed by atoms with E-state index in [0.29, 0.717) is 45.9 Å². The fourth-order valence-corrected chi connectivity index (χ4v) is 6.14. The summed E-state index contributed by atoms with van der Waals surface area (Å²) in [6.07, 6.45) is 0.663. The number of hydrogen-bond acceptors (Lipinski definition) is 6. The zero-order valence-electron chi connectivity index (χ0n) is 14.6. The smallest absolute Gasteiger partial charge is 0.270 e. The Morgan fingerprint density at radius 1 is 1.07 bits per heavy atom. The molecule has 1 saturated heterocycles. The number of nitro groups is 1. The Kier molecular flexibility index (Phi) is 6.85. The van der Waals surface area contributed by atoms with Crippen LogP contribution in [0, 0.1) is 10.1 Å². The van der Waals surface area contributed by atoms with E-state index < -0.39 is 14.9 Å². The second-order valence-corrected chi connectivity index (χ2v) is 9.91. The van der Waals surface area contributed by atoms with Crippen LogP contribution in [0.15, 0.2) is 51.1 Å². The quantitative estimate of drug-likeness (QED) is 0.533. The monoisotopic (exact) mass is 461 g/mol. The largest absolute Gasteiger partial charge is 0.315 e. The number of rotatable bonds is 5. The second kappa shape index (κ2) is 8.98. The van der Waals surface area contributed by atoms with Gasteiger partial charge in [-0.05, 0) is 37.2 Å². The second-order valence-electron chi connectivity index (χ2n) is 6.07. The minimum Gasteiger partial charge on any atom is -0.315 e. The van der Waals surface area contributed by atoms with Crippen molar-refractivity contribution in [3.63, 3.8) is 0 Å². The third-order valence-corrected chi connectivity index (χ3v) is 8.05.